The number of halogens is 1. The van der Waals surface area contributed by atoms with Gasteiger partial charge < -0.3 is 4.74 Å². The van der Waals surface area contributed by atoms with Gasteiger partial charge in [0.1, 0.15) is 11.6 Å². The molecule has 4 rings (SSSR count). The molecule has 0 saturated heterocycles. The number of nitrogens with zero attached hydrogens (tertiary/aromatic N) is 1. The SMILES string of the molecule is CCS(=O)(=O)c1cnc(Oc2c(C)ccc3ccc(F)cc23)c(C2CC2)c1. The van der Waals surface area contributed by atoms with Crippen LogP contribution in [-0.4, -0.2) is 19.2 Å². The van der Waals surface area contributed by atoms with Crippen molar-refractivity contribution in [2.45, 2.75) is 37.5 Å². The third kappa shape index (κ3) is 3.41. The number of rotatable bonds is 5. The zero-order chi connectivity index (χ0) is 19.2. The molecule has 1 saturated carbocycles. The fraction of sp³-hybridized carbons (Fsp3) is 0.286. The van der Waals surface area contributed by atoms with E-state index >= 15 is 0 Å². The van der Waals surface area contributed by atoms with Gasteiger partial charge in [0, 0.05) is 17.1 Å². The lowest BCUT2D eigenvalue weighted by molar-refractivity contribution is 0.456. The maximum absolute atomic E-state index is 13.8. The molecule has 6 heteroatoms. The van der Waals surface area contributed by atoms with Crippen molar-refractivity contribution in [2.24, 2.45) is 0 Å². The topological polar surface area (TPSA) is 56.3 Å². The number of aryl methyl sites for hydroxylation is 1. The molecule has 0 spiro atoms. The van der Waals surface area contributed by atoms with Crippen LogP contribution in [-0.2, 0) is 9.84 Å². The summed E-state index contributed by atoms with van der Waals surface area (Å²) in [6, 6.07) is 10.1. The Bertz CT molecular complexity index is 1130. The van der Waals surface area contributed by atoms with E-state index in [9.17, 15) is 12.8 Å². The second kappa shape index (κ2) is 6.60. The Hall–Kier alpha value is -2.47. The summed E-state index contributed by atoms with van der Waals surface area (Å²) in [6.07, 6.45) is 3.31. The number of sulfone groups is 1. The van der Waals surface area contributed by atoms with Gasteiger partial charge >= 0.3 is 0 Å². The van der Waals surface area contributed by atoms with Crippen LogP contribution in [0.4, 0.5) is 4.39 Å². The molecule has 1 aromatic heterocycles. The van der Waals surface area contributed by atoms with Gasteiger partial charge in [-0.25, -0.2) is 17.8 Å². The van der Waals surface area contributed by atoms with Crippen LogP contribution >= 0.6 is 0 Å². The van der Waals surface area contributed by atoms with E-state index in [1.165, 1.54) is 18.3 Å². The molecule has 1 aliphatic rings. The molecular weight excluding hydrogens is 365 g/mol. The molecule has 3 aromatic rings. The van der Waals surface area contributed by atoms with Gasteiger partial charge in [-0.3, -0.25) is 0 Å². The normalized spacial score (nSPS) is 14.5. The largest absolute Gasteiger partial charge is 0.438 e. The second-order valence-electron chi connectivity index (χ2n) is 6.92. The van der Waals surface area contributed by atoms with Crippen molar-refractivity contribution in [3.05, 3.63) is 59.5 Å². The van der Waals surface area contributed by atoms with Crippen LogP contribution in [0.5, 0.6) is 11.6 Å². The van der Waals surface area contributed by atoms with Crippen LogP contribution in [0.15, 0.2) is 47.5 Å². The summed E-state index contributed by atoms with van der Waals surface area (Å²) in [5.41, 5.74) is 1.67. The number of fused-ring (bicyclic) bond motifs is 1. The number of hydrogen-bond donors (Lipinski definition) is 0. The second-order valence-corrected chi connectivity index (χ2v) is 9.20. The number of benzene rings is 2. The Balaban J connectivity index is 1.83. The summed E-state index contributed by atoms with van der Waals surface area (Å²) in [6.45, 7) is 3.51. The molecule has 1 heterocycles. The highest BCUT2D eigenvalue weighted by Crippen LogP contribution is 2.46. The van der Waals surface area contributed by atoms with Crippen molar-refractivity contribution >= 4 is 20.6 Å². The quantitative estimate of drug-likeness (QED) is 0.610. The van der Waals surface area contributed by atoms with Crippen LogP contribution < -0.4 is 4.74 Å². The highest BCUT2D eigenvalue weighted by atomic mass is 32.2. The maximum Gasteiger partial charge on any atom is 0.222 e. The fourth-order valence-electron chi connectivity index (χ4n) is 3.16. The first-order valence-electron chi connectivity index (χ1n) is 8.98. The molecule has 0 amide bonds. The molecule has 0 radical (unpaired) electrons. The first-order chi connectivity index (χ1) is 12.9. The predicted octanol–water partition coefficient (Wildman–Crippen LogP) is 5.15. The molecule has 1 aliphatic carbocycles. The molecule has 0 unspecified atom stereocenters. The predicted molar refractivity (Wildman–Crippen MR) is 103 cm³/mol. The molecule has 0 N–H and O–H groups in total. The molecule has 2 aromatic carbocycles. The van der Waals surface area contributed by atoms with Crippen molar-refractivity contribution in [3.63, 3.8) is 0 Å². The lowest BCUT2D eigenvalue weighted by atomic mass is 10.1. The minimum atomic E-state index is -3.33. The number of pyridine rings is 1. The molecule has 0 aliphatic heterocycles. The Morgan fingerprint density at radius 2 is 1.93 bits per heavy atom. The highest BCUT2D eigenvalue weighted by molar-refractivity contribution is 7.91. The van der Waals surface area contributed by atoms with Crippen LogP contribution in [0, 0.1) is 12.7 Å². The van der Waals surface area contributed by atoms with E-state index in [2.05, 4.69) is 4.98 Å². The summed E-state index contributed by atoms with van der Waals surface area (Å²) < 4.78 is 44.3. The van der Waals surface area contributed by atoms with E-state index in [1.807, 2.05) is 19.1 Å². The molecule has 0 bridgehead atoms. The van der Waals surface area contributed by atoms with Crippen molar-refractivity contribution < 1.29 is 17.5 Å². The third-order valence-corrected chi connectivity index (χ3v) is 6.64. The summed E-state index contributed by atoms with van der Waals surface area (Å²) in [7, 11) is -3.33. The lowest BCUT2D eigenvalue weighted by Crippen LogP contribution is -2.06. The fourth-order valence-corrected chi connectivity index (χ4v) is 4.02. The molecule has 140 valence electrons. The average molecular weight is 385 g/mol. The van der Waals surface area contributed by atoms with Gasteiger partial charge in [0.15, 0.2) is 9.84 Å². The van der Waals surface area contributed by atoms with Crippen molar-refractivity contribution in [3.8, 4) is 11.6 Å². The molecule has 0 atom stereocenters. The van der Waals surface area contributed by atoms with Crippen molar-refractivity contribution in [1.29, 1.82) is 0 Å². The van der Waals surface area contributed by atoms with E-state index in [4.69, 9.17) is 4.74 Å². The first-order valence-corrected chi connectivity index (χ1v) is 10.6. The van der Waals surface area contributed by atoms with Gasteiger partial charge in [-0.15, -0.1) is 0 Å². The zero-order valence-corrected chi connectivity index (χ0v) is 16.0. The van der Waals surface area contributed by atoms with Gasteiger partial charge in [0.25, 0.3) is 0 Å². The van der Waals surface area contributed by atoms with E-state index < -0.39 is 9.84 Å². The molecule has 27 heavy (non-hydrogen) atoms. The monoisotopic (exact) mass is 385 g/mol. The van der Waals surface area contributed by atoms with E-state index in [0.717, 1.165) is 29.4 Å². The maximum atomic E-state index is 13.8. The van der Waals surface area contributed by atoms with Crippen LogP contribution in [0.25, 0.3) is 10.8 Å². The lowest BCUT2D eigenvalue weighted by Gasteiger charge is -2.15. The number of aromatic nitrogens is 1. The Kier molecular flexibility index (Phi) is 4.38. The summed E-state index contributed by atoms with van der Waals surface area (Å²) in [4.78, 5) is 4.55. The number of hydrogen-bond acceptors (Lipinski definition) is 4. The summed E-state index contributed by atoms with van der Waals surface area (Å²) >= 11 is 0. The van der Waals surface area contributed by atoms with Gasteiger partial charge in [0.05, 0.1) is 10.6 Å². The minimum absolute atomic E-state index is 0.0285. The Morgan fingerprint density at radius 3 is 2.63 bits per heavy atom. The van der Waals surface area contributed by atoms with Gasteiger partial charge in [-0.1, -0.05) is 25.1 Å². The van der Waals surface area contributed by atoms with Crippen molar-refractivity contribution in [2.75, 3.05) is 5.75 Å². The Morgan fingerprint density at radius 1 is 1.19 bits per heavy atom. The van der Waals surface area contributed by atoms with Crippen LogP contribution in [0.1, 0.15) is 36.8 Å². The van der Waals surface area contributed by atoms with Gasteiger partial charge in [0.2, 0.25) is 5.88 Å². The summed E-state index contributed by atoms with van der Waals surface area (Å²) in [5, 5.41) is 1.54. The summed E-state index contributed by atoms with van der Waals surface area (Å²) in [5.74, 6) is 0.893. The van der Waals surface area contributed by atoms with Crippen LogP contribution in [0.2, 0.25) is 0 Å². The zero-order valence-electron chi connectivity index (χ0n) is 15.2. The minimum Gasteiger partial charge on any atom is -0.438 e. The molecule has 1 fully saturated rings. The number of ether oxygens (including phenoxy) is 1. The smallest absolute Gasteiger partial charge is 0.222 e. The average Bonchev–Trinajstić information content (AvgIpc) is 3.49. The third-order valence-electron chi connectivity index (χ3n) is 4.94. The van der Waals surface area contributed by atoms with E-state index in [0.29, 0.717) is 17.0 Å². The highest BCUT2D eigenvalue weighted by Gasteiger charge is 2.30. The van der Waals surface area contributed by atoms with Crippen LogP contribution in [0.3, 0.4) is 0 Å². The van der Waals surface area contributed by atoms with Gasteiger partial charge in [-0.2, -0.15) is 0 Å². The first kappa shape index (κ1) is 17.9. The Labute approximate surface area is 157 Å². The van der Waals surface area contributed by atoms with E-state index in [-0.39, 0.29) is 22.4 Å². The van der Waals surface area contributed by atoms with E-state index in [1.54, 1.807) is 19.1 Å². The molecular formula is C21H20FNO3S. The van der Waals surface area contributed by atoms with Gasteiger partial charge in [-0.05, 0) is 54.8 Å². The van der Waals surface area contributed by atoms with Crippen molar-refractivity contribution in [1.82, 2.24) is 4.98 Å². The standard InChI is InChI=1S/C21H20FNO3S/c1-3-27(24,25)17-11-19(15-6-7-15)21(23-12-17)26-20-13(2)4-5-14-8-9-16(22)10-18(14)20/h4-5,8-12,15H,3,6-7H2,1-2H3. The molecule has 4 nitrogen and oxygen atoms in total.